The molecule has 3 rings (SSSR count). The van der Waals surface area contributed by atoms with Crippen LogP contribution in [0.1, 0.15) is 49.6 Å². The maximum Gasteiger partial charge on any atom is 0.274 e. The van der Waals surface area contributed by atoms with Crippen LogP contribution in [0.2, 0.25) is 0 Å². The van der Waals surface area contributed by atoms with Gasteiger partial charge in [0, 0.05) is 38.5 Å². The Kier molecular flexibility index (Phi) is 5.02. The van der Waals surface area contributed by atoms with Crippen molar-refractivity contribution in [3.63, 3.8) is 0 Å². The van der Waals surface area contributed by atoms with Gasteiger partial charge < -0.3 is 19.1 Å². The lowest BCUT2D eigenvalue weighted by Crippen LogP contribution is -2.42. The van der Waals surface area contributed by atoms with Gasteiger partial charge in [-0.25, -0.2) is 4.98 Å². The molecule has 0 radical (unpaired) electrons. The van der Waals surface area contributed by atoms with Crippen molar-refractivity contribution in [2.45, 2.75) is 51.3 Å². The number of likely N-dealkylation sites (tertiary alicyclic amines) is 2. The van der Waals surface area contributed by atoms with Crippen molar-refractivity contribution in [3.8, 4) is 0 Å². The Labute approximate surface area is 138 Å². The summed E-state index contributed by atoms with van der Waals surface area (Å²) in [5.74, 6) is 0.0353. The summed E-state index contributed by atoms with van der Waals surface area (Å²) in [6, 6.07) is 0.546. The second-order valence-corrected chi connectivity index (χ2v) is 7.01. The van der Waals surface area contributed by atoms with Gasteiger partial charge in [0.25, 0.3) is 5.91 Å². The maximum atomic E-state index is 12.9. The van der Waals surface area contributed by atoms with E-state index in [2.05, 4.69) is 23.7 Å². The summed E-state index contributed by atoms with van der Waals surface area (Å²) < 4.78 is 7.51. The lowest BCUT2D eigenvalue weighted by molar-refractivity contribution is 0.0665. The van der Waals surface area contributed by atoms with Crippen LogP contribution in [-0.2, 0) is 4.74 Å². The van der Waals surface area contributed by atoms with E-state index in [4.69, 9.17) is 4.74 Å². The number of ether oxygens (including phenoxy) is 1. The average Bonchev–Trinajstić information content (AvgIpc) is 3.27. The third-order valence-corrected chi connectivity index (χ3v) is 5.05. The molecule has 0 spiro atoms. The van der Waals surface area contributed by atoms with Gasteiger partial charge in [-0.1, -0.05) is 0 Å². The molecule has 6 nitrogen and oxygen atoms in total. The van der Waals surface area contributed by atoms with Crippen LogP contribution in [0.3, 0.4) is 0 Å². The van der Waals surface area contributed by atoms with Crippen LogP contribution in [0.5, 0.6) is 0 Å². The fourth-order valence-electron chi connectivity index (χ4n) is 3.61. The van der Waals surface area contributed by atoms with Gasteiger partial charge in [0.05, 0.1) is 12.4 Å². The van der Waals surface area contributed by atoms with Gasteiger partial charge in [-0.05, 0) is 46.2 Å². The van der Waals surface area contributed by atoms with Crippen LogP contribution in [0.25, 0.3) is 0 Å². The number of aromatic nitrogens is 2. The standard InChI is InChI=1S/C17H28N4O2/c1-13(2)20-11-16(18-12-20)17(22)21-10-15(23-3)8-14(21)9-19-6-4-5-7-19/h11-15H,4-10H2,1-3H3/t14-,15-/m0/s1. The normalized spacial score (nSPS) is 25.7. The second kappa shape index (κ2) is 7.01. The van der Waals surface area contributed by atoms with Crippen LogP contribution < -0.4 is 0 Å². The molecule has 0 aliphatic carbocycles. The van der Waals surface area contributed by atoms with Gasteiger partial charge in [0.15, 0.2) is 0 Å². The summed E-state index contributed by atoms with van der Waals surface area (Å²) in [4.78, 5) is 21.7. The van der Waals surface area contributed by atoms with Crippen molar-refractivity contribution < 1.29 is 9.53 Å². The Bertz CT molecular complexity index is 536. The van der Waals surface area contributed by atoms with E-state index in [9.17, 15) is 4.79 Å². The number of imidazole rings is 1. The number of carbonyl (C=O) groups excluding carboxylic acids is 1. The van der Waals surface area contributed by atoms with Crippen molar-refractivity contribution in [2.24, 2.45) is 0 Å². The number of amides is 1. The van der Waals surface area contributed by atoms with Gasteiger partial charge in [0.2, 0.25) is 0 Å². The minimum absolute atomic E-state index is 0.0353. The zero-order valence-corrected chi connectivity index (χ0v) is 14.4. The number of methoxy groups -OCH3 is 1. The first-order valence-electron chi connectivity index (χ1n) is 8.68. The van der Waals surface area contributed by atoms with E-state index >= 15 is 0 Å². The first-order chi connectivity index (χ1) is 11.1. The van der Waals surface area contributed by atoms with Gasteiger partial charge in [-0.3, -0.25) is 4.79 Å². The summed E-state index contributed by atoms with van der Waals surface area (Å²) in [6.07, 6.45) is 7.21. The highest BCUT2D eigenvalue weighted by Gasteiger charge is 2.37. The monoisotopic (exact) mass is 320 g/mol. The van der Waals surface area contributed by atoms with Crippen molar-refractivity contribution in [3.05, 3.63) is 18.2 Å². The Morgan fingerprint density at radius 2 is 2.13 bits per heavy atom. The summed E-state index contributed by atoms with van der Waals surface area (Å²) in [7, 11) is 1.74. The highest BCUT2D eigenvalue weighted by atomic mass is 16.5. The summed E-state index contributed by atoms with van der Waals surface area (Å²) in [5.41, 5.74) is 0.543. The molecule has 6 heteroatoms. The van der Waals surface area contributed by atoms with Crippen LogP contribution >= 0.6 is 0 Å². The van der Waals surface area contributed by atoms with Crippen LogP contribution in [0.4, 0.5) is 0 Å². The van der Waals surface area contributed by atoms with Crippen molar-refractivity contribution in [1.29, 1.82) is 0 Å². The molecule has 0 aromatic carbocycles. The zero-order valence-electron chi connectivity index (χ0n) is 14.4. The summed E-state index contributed by atoms with van der Waals surface area (Å²) in [5, 5.41) is 0. The highest BCUT2D eigenvalue weighted by Crippen LogP contribution is 2.24. The number of hydrogen-bond acceptors (Lipinski definition) is 4. The lowest BCUT2D eigenvalue weighted by Gasteiger charge is -2.27. The van der Waals surface area contributed by atoms with Crippen molar-refractivity contribution in [2.75, 3.05) is 33.3 Å². The molecule has 2 aliphatic rings. The van der Waals surface area contributed by atoms with E-state index in [1.54, 1.807) is 13.4 Å². The Morgan fingerprint density at radius 3 is 2.74 bits per heavy atom. The number of hydrogen-bond donors (Lipinski definition) is 0. The molecule has 1 amide bonds. The molecular formula is C17H28N4O2. The molecule has 2 fully saturated rings. The fourth-order valence-corrected chi connectivity index (χ4v) is 3.61. The van der Waals surface area contributed by atoms with Gasteiger partial charge in [0.1, 0.15) is 5.69 Å². The second-order valence-electron chi connectivity index (χ2n) is 7.01. The number of rotatable bonds is 5. The van der Waals surface area contributed by atoms with Gasteiger partial charge in [-0.2, -0.15) is 0 Å². The molecular weight excluding hydrogens is 292 g/mol. The third-order valence-electron chi connectivity index (χ3n) is 5.05. The predicted molar refractivity (Wildman–Crippen MR) is 88.5 cm³/mol. The Morgan fingerprint density at radius 1 is 1.39 bits per heavy atom. The molecule has 2 atom stereocenters. The SMILES string of the molecule is CO[C@H]1C[C@@H](CN2CCCC2)N(C(=O)c2cn(C(C)C)cn2)C1. The molecule has 1 aromatic rings. The largest absolute Gasteiger partial charge is 0.380 e. The molecule has 1 aromatic heterocycles. The third kappa shape index (κ3) is 3.58. The van der Waals surface area contributed by atoms with E-state index in [-0.39, 0.29) is 18.1 Å². The highest BCUT2D eigenvalue weighted by molar-refractivity contribution is 5.92. The molecule has 128 valence electrons. The molecule has 2 saturated heterocycles. The minimum Gasteiger partial charge on any atom is -0.380 e. The predicted octanol–water partition coefficient (Wildman–Crippen LogP) is 1.79. The Balaban J connectivity index is 1.72. The first-order valence-corrected chi connectivity index (χ1v) is 8.68. The van der Waals surface area contributed by atoms with E-state index in [0.717, 1.165) is 26.1 Å². The smallest absolute Gasteiger partial charge is 0.274 e. The van der Waals surface area contributed by atoms with Crippen LogP contribution in [0, 0.1) is 0 Å². The lowest BCUT2D eigenvalue weighted by atomic mass is 10.2. The maximum absolute atomic E-state index is 12.9. The van der Waals surface area contributed by atoms with Gasteiger partial charge in [-0.15, -0.1) is 0 Å². The van der Waals surface area contributed by atoms with E-state index < -0.39 is 0 Å². The van der Waals surface area contributed by atoms with E-state index in [1.165, 1.54) is 12.8 Å². The molecule has 0 bridgehead atoms. The van der Waals surface area contributed by atoms with Crippen molar-refractivity contribution in [1.82, 2.24) is 19.4 Å². The molecule has 2 aliphatic heterocycles. The van der Waals surface area contributed by atoms with Crippen LogP contribution in [-0.4, -0.2) is 70.7 Å². The van der Waals surface area contributed by atoms with Crippen LogP contribution in [0.15, 0.2) is 12.5 Å². The van der Waals surface area contributed by atoms with E-state index in [0.29, 0.717) is 18.3 Å². The summed E-state index contributed by atoms with van der Waals surface area (Å²) in [6.45, 7) is 8.10. The zero-order chi connectivity index (χ0) is 16.4. The molecule has 0 unspecified atom stereocenters. The number of carbonyl (C=O) groups is 1. The topological polar surface area (TPSA) is 50.6 Å². The number of nitrogens with zero attached hydrogens (tertiary/aromatic N) is 4. The molecule has 0 saturated carbocycles. The van der Waals surface area contributed by atoms with E-state index in [1.807, 2.05) is 15.7 Å². The molecule has 3 heterocycles. The molecule has 0 N–H and O–H groups in total. The minimum atomic E-state index is 0.0353. The average molecular weight is 320 g/mol. The van der Waals surface area contributed by atoms with Crippen molar-refractivity contribution >= 4 is 5.91 Å². The quantitative estimate of drug-likeness (QED) is 0.830. The fraction of sp³-hybridized carbons (Fsp3) is 0.765. The first kappa shape index (κ1) is 16.5. The summed E-state index contributed by atoms with van der Waals surface area (Å²) >= 11 is 0. The molecule has 23 heavy (non-hydrogen) atoms. The van der Waals surface area contributed by atoms with Gasteiger partial charge >= 0.3 is 0 Å². The Hall–Kier alpha value is -1.40.